The summed E-state index contributed by atoms with van der Waals surface area (Å²) in [5.74, 6) is -2.52. The summed E-state index contributed by atoms with van der Waals surface area (Å²) in [4.78, 5) is 36.6. The topological polar surface area (TPSA) is 74.7 Å². The second kappa shape index (κ2) is 5.91. The van der Waals surface area contributed by atoms with Crippen LogP contribution in [0.1, 0.15) is 25.8 Å². The largest absolute Gasteiger partial charge is 0.481 e. The second-order valence-electron chi connectivity index (χ2n) is 5.12. The molecule has 2 rings (SSSR count). The molecule has 5 heteroatoms. The zero-order valence-electron chi connectivity index (χ0n) is 12.0. The van der Waals surface area contributed by atoms with Crippen molar-refractivity contribution in [2.75, 3.05) is 0 Å². The molecule has 1 aromatic rings. The molecule has 0 radical (unpaired) electrons. The Kier molecular flexibility index (Phi) is 4.21. The van der Waals surface area contributed by atoms with Gasteiger partial charge in [-0.3, -0.25) is 14.4 Å². The molecule has 0 fully saturated rings. The van der Waals surface area contributed by atoms with Crippen LogP contribution in [0.4, 0.5) is 0 Å². The summed E-state index contributed by atoms with van der Waals surface area (Å²) >= 11 is 0. The highest BCUT2D eigenvalue weighted by Gasteiger charge is 2.40. The quantitative estimate of drug-likeness (QED) is 0.898. The molecule has 0 aromatic heterocycles. The molecule has 0 spiro atoms. The van der Waals surface area contributed by atoms with Crippen LogP contribution in [0.3, 0.4) is 0 Å². The highest BCUT2D eigenvalue weighted by Crippen LogP contribution is 2.33. The monoisotopic (exact) mass is 287 g/mol. The summed E-state index contributed by atoms with van der Waals surface area (Å²) < 4.78 is 0. The zero-order valence-corrected chi connectivity index (χ0v) is 12.0. The first-order valence-corrected chi connectivity index (χ1v) is 6.70. The van der Waals surface area contributed by atoms with Gasteiger partial charge >= 0.3 is 5.97 Å². The van der Waals surface area contributed by atoms with E-state index in [-0.39, 0.29) is 18.1 Å². The van der Waals surface area contributed by atoms with Gasteiger partial charge < -0.3 is 10.0 Å². The van der Waals surface area contributed by atoms with E-state index in [1.54, 1.807) is 6.92 Å². The molecule has 0 unspecified atom stereocenters. The summed E-state index contributed by atoms with van der Waals surface area (Å²) in [5.41, 5.74) is 1.81. The summed E-state index contributed by atoms with van der Waals surface area (Å²) in [6, 6.07) is 9.40. The third-order valence-electron chi connectivity index (χ3n) is 3.65. The van der Waals surface area contributed by atoms with E-state index in [0.29, 0.717) is 17.8 Å². The first kappa shape index (κ1) is 15.0. The van der Waals surface area contributed by atoms with Crippen LogP contribution < -0.4 is 0 Å². The van der Waals surface area contributed by atoms with E-state index in [4.69, 9.17) is 5.11 Å². The number of carbonyl (C=O) groups is 3. The van der Waals surface area contributed by atoms with Crippen molar-refractivity contribution in [1.29, 1.82) is 0 Å². The minimum absolute atomic E-state index is 0.248. The molecule has 1 aromatic carbocycles. The lowest BCUT2D eigenvalue weighted by Gasteiger charge is -2.19. The number of nitrogens with zero attached hydrogens (tertiary/aromatic N) is 1. The normalized spacial score (nSPS) is 18.3. The van der Waals surface area contributed by atoms with Crippen molar-refractivity contribution >= 4 is 17.7 Å². The number of hydrogen-bond acceptors (Lipinski definition) is 3. The Morgan fingerprint density at radius 2 is 1.86 bits per heavy atom. The van der Waals surface area contributed by atoms with Gasteiger partial charge in [0, 0.05) is 11.3 Å². The second-order valence-corrected chi connectivity index (χ2v) is 5.12. The maximum absolute atomic E-state index is 12.4. The van der Waals surface area contributed by atoms with Gasteiger partial charge in [-0.15, -0.1) is 0 Å². The van der Waals surface area contributed by atoms with Crippen LogP contribution in [-0.2, 0) is 20.9 Å². The Morgan fingerprint density at radius 1 is 1.24 bits per heavy atom. The van der Waals surface area contributed by atoms with Gasteiger partial charge in [0.15, 0.2) is 5.78 Å². The van der Waals surface area contributed by atoms with Crippen LogP contribution in [-0.4, -0.2) is 27.7 Å². The Morgan fingerprint density at radius 3 is 2.38 bits per heavy atom. The predicted molar refractivity (Wildman–Crippen MR) is 76.1 cm³/mol. The first-order valence-electron chi connectivity index (χ1n) is 6.70. The van der Waals surface area contributed by atoms with Crippen LogP contribution >= 0.6 is 0 Å². The van der Waals surface area contributed by atoms with Crippen molar-refractivity contribution in [3.63, 3.8) is 0 Å². The molecule has 1 amide bonds. The van der Waals surface area contributed by atoms with E-state index in [1.165, 1.54) is 11.8 Å². The Hall–Kier alpha value is -2.43. The van der Waals surface area contributed by atoms with Crippen LogP contribution in [0.25, 0.3) is 0 Å². The number of amides is 1. The zero-order chi connectivity index (χ0) is 15.6. The van der Waals surface area contributed by atoms with Crippen molar-refractivity contribution < 1.29 is 19.5 Å². The molecule has 5 nitrogen and oxygen atoms in total. The molecule has 1 aliphatic heterocycles. The van der Waals surface area contributed by atoms with Crippen molar-refractivity contribution in [2.45, 2.75) is 26.8 Å². The van der Waals surface area contributed by atoms with Gasteiger partial charge in [-0.1, -0.05) is 30.3 Å². The van der Waals surface area contributed by atoms with Gasteiger partial charge in [0.05, 0.1) is 18.9 Å². The van der Waals surface area contributed by atoms with Crippen molar-refractivity contribution in [2.24, 2.45) is 5.92 Å². The lowest BCUT2D eigenvalue weighted by Crippen LogP contribution is -2.29. The minimum atomic E-state index is -1.08. The summed E-state index contributed by atoms with van der Waals surface area (Å²) in [7, 11) is 0. The van der Waals surface area contributed by atoms with E-state index >= 15 is 0 Å². The maximum Gasteiger partial charge on any atom is 0.304 e. The van der Waals surface area contributed by atoms with Gasteiger partial charge in [0.25, 0.3) is 0 Å². The number of aliphatic carboxylic acids is 1. The molecule has 1 atom stereocenters. The Balaban J connectivity index is 2.32. The van der Waals surface area contributed by atoms with E-state index in [2.05, 4.69) is 0 Å². The third kappa shape index (κ3) is 3.02. The fourth-order valence-corrected chi connectivity index (χ4v) is 2.70. The number of allylic oxidation sites excluding steroid dienone is 1. The fraction of sp³-hybridized carbons (Fsp3) is 0.312. The molecule has 1 heterocycles. The summed E-state index contributed by atoms with van der Waals surface area (Å²) in [6.45, 7) is 3.41. The molecule has 0 aliphatic carbocycles. The molecular weight excluding hydrogens is 270 g/mol. The molecule has 0 saturated carbocycles. The summed E-state index contributed by atoms with van der Waals surface area (Å²) in [5, 5.41) is 8.95. The predicted octanol–water partition coefficient (Wildman–Crippen LogP) is 1.98. The van der Waals surface area contributed by atoms with Crippen LogP contribution in [0.15, 0.2) is 41.6 Å². The fourth-order valence-electron chi connectivity index (χ4n) is 2.70. The van der Waals surface area contributed by atoms with Crippen LogP contribution in [0.2, 0.25) is 0 Å². The standard InChI is InChI=1S/C16H17NO4/c1-10-15(11(2)18)13(8-14(19)20)16(21)17(10)9-12-6-4-3-5-7-12/h3-7,13H,8-9H2,1-2H3,(H,19,20)/t13-/m1/s1. The van der Waals surface area contributed by atoms with Gasteiger partial charge in [-0.05, 0) is 19.4 Å². The highest BCUT2D eigenvalue weighted by atomic mass is 16.4. The SMILES string of the molecule is CC(=O)C1=C(C)N(Cc2ccccc2)C(=O)[C@@H]1CC(=O)O. The number of carbonyl (C=O) groups excluding carboxylic acids is 2. The summed E-state index contributed by atoms with van der Waals surface area (Å²) in [6.07, 6.45) is -0.351. The Bertz CT molecular complexity index is 618. The highest BCUT2D eigenvalue weighted by molar-refractivity contribution is 6.05. The van der Waals surface area contributed by atoms with Crippen LogP contribution in [0, 0.1) is 5.92 Å². The number of Topliss-reactive ketones (excluding diaryl/α,β-unsaturated/α-hetero) is 1. The first-order chi connectivity index (χ1) is 9.91. The van der Waals surface area contributed by atoms with Gasteiger partial charge in [-0.2, -0.15) is 0 Å². The van der Waals surface area contributed by atoms with E-state index in [1.807, 2.05) is 30.3 Å². The van der Waals surface area contributed by atoms with E-state index in [9.17, 15) is 14.4 Å². The molecule has 1 N–H and O–H groups in total. The van der Waals surface area contributed by atoms with Crippen molar-refractivity contribution in [3.05, 3.63) is 47.2 Å². The lowest BCUT2D eigenvalue weighted by atomic mass is 9.94. The molecule has 0 saturated heterocycles. The van der Waals surface area contributed by atoms with E-state index in [0.717, 1.165) is 5.56 Å². The lowest BCUT2D eigenvalue weighted by molar-refractivity contribution is -0.142. The van der Waals surface area contributed by atoms with Gasteiger partial charge in [0.2, 0.25) is 5.91 Å². The smallest absolute Gasteiger partial charge is 0.304 e. The van der Waals surface area contributed by atoms with Crippen LogP contribution in [0.5, 0.6) is 0 Å². The maximum atomic E-state index is 12.4. The molecule has 21 heavy (non-hydrogen) atoms. The molecule has 1 aliphatic rings. The van der Waals surface area contributed by atoms with Crippen molar-refractivity contribution in [3.8, 4) is 0 Å². The number of benzene rings is 1. The average Bonchev–Trinajstić information content (AvgIpc) is 2.64. The average molecular weight is 287 g/mol. The third-order valence-corrected chi connectivity index (χ3v) is 3.65. The number of ketones is 1. The van der Waals surface area contributed by atoms with Crippen molar-refractivity contribution in [1.82, 2.24) is 4.90 Å². The Labute approximate surface area is 122 Å². The molecule has 0 bridgehead atoms. The van der Waals surface area contributed by atoms with Gasteiger partial charge in [0.1, 0.15) is 0 Å². The number of rotatable bonds is 5. The van der Waals surface area contributed by atoms with E-state index < -0.39 is 11.9 Å². The number of carboxylic acids is 1. The number of hydrogen-bond donors (Lipinski definition) is 1. The molecular formula is C16H17NO4. The number of carboxylic acid groups (broad SMARTS) is 1. The molecule has 110 valence electrons. The van der Waals surface area contributed by atoms with Gasteiger partial charge in [-0.25, -0.2) is 0 Å². The minimum Gasteiger partial charge on any atom is -0.481 e.